The number of carboxylic acids is 2. The van der Waals surface area contributed by atoms with Crippen molar-refractivity contribution in [1.82, 2.24) is 24.8 Å². The number of halogens is 6. The Morgan fingerprint density at radius 1 is 1.05 bits per heavy atom. The number of piperidine rings is 1. The minimum Gasteiger partial charge on any atom is -0.475 e. The summed E-state index contributed by atoms with van der Waals surface area (Å²) in [4.78, 5) is 54.1. The highest BCUT2D eigenvalue weighted by molar-refractivity contribution is 5.92. The number of hydrogen-bond donors (Lipinski definition) is 3. The first kappa shape index (κ1) is 36.0. The van der Waals surface area contributed by atoms with E-state index in [4.69, 9.17) is 24.5 Å². The summed E-state index contributed by atoms with van der Waals surface area (Å²) in [6, 6.07) is 5.48. The van der Waals surface area contributed by atoms with Gasteiger partial charge in [-0.05, 0) is 25.0 Å². The number of aliphatic carboxylic acids is 2. The van der Waals surface area contributed by atoms with E-state index in [1.54, 1.807) is 12.3 Å². The van der Waals surface area contributed by atoms with Crippen LogP contribution < -0.4 is 5.32 Å². The lowest BCUT2D eigenvalue weighted by Crippen LogP contribution is -2.55. The number of pyridine rings is 1. The van der Waals surface area contributed by atoms with Gasteiger partial charge in [-0.1, -0.05) is 19.9 Å². The Labute approximate surface area is 247 Å². The third-order valence-electron chi connectivity index (χ3n) is 6.28. The highest BCUT2D eigenvalue weighted by Crippen LogP contribution is 2.40. The minimum absolute atomic E-state index is 0.0704. The molecular weight excluding hydrogens is 608 g/mol. The van der Waals surface area contributed by atoms with Crippen molar-refractivity contribution >= 4 is 23.8 Å². The van der Waals surface area contributed by atoms with E-state index in [1.807, 2.05) is 34.7 Å². The van der Waals surface area contributed by atoms with Gasteiger partial charge in [0, 0.05) is 50.6 Å². The van der Waals surface area contributed by atoms with Crippen LogP contribution in [0.15, 0.2) is 30.6 Å². The van der Waals surface area contributed by atoms with Crippen LogP contribution in [0.1, 0.15) is 48.7 Å². The standard InChI is InChI=1S/C22H29N5O3.2C2HF3O2/c1-15(2)13-24-19(28)18-14-27-12-9-23-21(27)22(30-18)7-10-26(11-8-22)20(29)17-6-4-5-16(3)25-17;2*3-2(4,5)1(6)7/h4-6,9,12,15,18H,7-8,10-11,13-14H2,1-3H3,(H,24,28);2*(H,6,7). The zero-order chi connectivity index (χ0) is 33.5. The number of nitrogens with zero attached hydrogens (tertiary/aromatic N) is 4. The van der Waals surface area contributed by atoms with Gasteiger partial charge in [0.1, 0.15) is 17.1 Å². The third kappa shape index (κ3) is 9.92. The molecule has 2 aromatic heterocycles. The topological polar surface area (TPSA) is 164 Å². The van der Waals surface area contributed by atoms with E-state index >= 15 is 0 Å². The summed E-state index contributed by atoms with van der Waals surface area (Å²) in [6.45, 7) is 8.14. The van der Waals surface area contributed by atoms with Gasteiger partial charge >= 0.3 is 24.3 Å². The number of ether oxygens (including phenoxy) is 1. The Kier molecular flexibility index (Phi) is 11.9. The van der Waals surface area contributed by atoms with Gasteiger partial charge < -0.3 is 29.7 Å². The number of carboxylic acid groups (broad SMARTS) is 2. The molecule has 18 heteroatoms. The van der Waals surface area contributed by atoms with Crippen molar-refractivity contribution in [1.29, 1.82) is 0 Å². The second kappa shape index (κ2) is 14.5. The van der Waals surface area contributed by atoms with Crippen LogP contribution in [-0.4, -0.2) is 91.5 Å². The molecule has 2 aliphatic rings. The van der Waals surface area contributed by atoms with Crippen LogP contribution in [0.2, 0.25) is 0 Å². The van der Waals surface area contributed by atoms with E-state index in [-0.39, 0.29) is 11.8 Å². The van der Waals surface area contributed by atoms with Crippen LogP contribution in [0.3, 0.4) is 0 Å². The molecule has 1 atom stereocenters. The van der Waals surface area contributed by atoms with Crippen molar-refractivity contribution in [2.75, 3.05) is 19.6 Å². The number of likely N-dealkylation sites (tertiary alicyclic amines) is 1. The van der Waals surface area contributed by atoms with Crippen molar-refractivity contribution in [3.63, 3.8) is 0 Å². The minimum atomic E-state index is -5.08. The summed E-state index contributed by atoms with van der Waals surface area (Å²) >= 11 is 0. The monoisotopic (exact) mass is 639 g/mol. The van der Waals surface area contributed by atoms with Gasteiger partial charge in [-0.15, -0.1) is 0 Å². The molecule has 0 bridgehead atoms. The van der Waals surface area contributed by atoms with Crippen molar-refractivity contribution in [2.24, 2.45) is 5.92 Å². The fourth-order valence-corrected chi connectivity index (χ4v) is 4.19. The molecule has 1 saturated heterocycles. The number of carbonyl (C=O) groups excluding carboxylic acids is 2. The Bertz CT molecular complexity index is 1300. The molecule has 0 saturated carbocycles. The summed E-state index contributed by atoms with van der Waals surface area (Å²) in [6.07, 6.45) is -5.89. The number of aryl methyl sites for hydroxylation is 1. The van der Waals surface area contributed by atoms with Gasteiger partial charge in [-0.3, -0.25) is 9.59 Å². The van der Waals surface area contributed by atoms with Crippen LogP contribution >= 0.6 is 0 Å². The first-order chi connectivity index (χ1) is 20.3. The van der Waals surface area contributed by atoms with E-state index in [2.05, 4.69) is 29.1 Å². The first-order valence-corrected chi connectivity index (χ1v) is 13.1. The fourth-order valence-electron chi connectivity index (χ4n) is 4.19. The van der Waals surface area contributed by atoms with Gasteiger partial charge in [-0.2, -0.15) is 26.3 Å². The number of rotatable bonds is 4. The number of nitrogens with one attached hydrogen (secondary N) is 1. The van der Waals surface area contributed by atoms with Gasteiger partial charge in [0.05, 0.1) is 6.54 Å². The molecule has 4 rings (SSSR count). The highest BCUT2D eigenvalue weighted by atomic mass is 19.4. The van der Waals surface area contributed by atoms with Gasteiger partial charge in [0.25, 0.3) is 11.8 Å². The van der Waals surface area contributed by atoms with E-state index in [0.717, 1.165) is 11.5 Å². The molecule has 244 valence electrons. The molecule has 2 amide bonds. The summed E-state index contributed by atoms with van der Waals surface area (Å²) in [5.41, 5.74) is 0.628. The van der Waals surface area contributed by atoms with Crippen molar-refractivity contribution in [2.45, 2.75) is 64.2 Å². The molecule has 0 radical (unpaired) electrons. The van der Waals surface area contributed by atoms with Gasteiger partial charge in [-0.25, -0.2) is 19.6 Å². The zero-order valence-electron chi connectivity index (χ0n) is 23.8. The summed E-state index contributed by atoms with van der Waals surface area (Å²) in [7, 11) is 0. The molecule has 1 fully saturated rings. The number of fused-ring (bicyclic) bond motifs is 2. The van der Waals surface area contributed by atoms with Gasteiger partial charge in [0.2, 0.25) is 0 Å². The van der Waals surface area contributed by atoms with Crippen LogP contribution in [0.25, 0.3) is 0 Å². The predicted molar refractivity (Wildman–Crippen MR) is 138 cm³/mol. The maximum atomic E-state index is 12.9. The molecule has 0 aromatic carbocycles. The molecule has 2 aliphatic heterocycles. The molecule has 1 spiro atoms. The van der Waals surface area contributed by atoms with Crippen LogP contribution in [0.5, 0.6) is 0 Å². The largest absolute Gasteiger partial charge is 0.490 e. The van der Waals surface area contributed by atoms with Crippen LogP contribution in [0.4, 0.5) is 26.3 Å². The SMILES string of the molecule is Cc1cccc(C(=O)N2CCC3(CC2)OC(C(=O)NCC(C)C)Cn2ccnc23)n1.O=C(O)C(F)(F)F.O=C(O)C(F)(F)F. The Hall–Kier alpha value is -4.22. The van der Waals surface area contributed by atoms with Crippen molar-refractivity contribution in [3.8, 4) is 0 Å². The summed E-state index contributed by atoms with van der Waals surface area (Å²) in [5.74, 6) is -4.46. The Morgan fingerprint density at radius 3 is 2.07 bits per heavy atom. The number of aromatic nitrogens is 3. The van der Waals surface area contributed by atoms with Crippen LogP contribution in [-0.2, 0) is 31.3 Å². The number of amides is 2. The Morgan fingerprint density at radius 2 is 1.59 bits per heavy atom. The average Bonchev–Trinajstić information content (AvgIpc) is 3.41. The lowest BCUT2D eigenvalue weighted by molar-refractivity contribution is -0.193. The molecule has 0 aliphatic carbocycles. The second-order valence-electron chi connectivity index (χ2n) is 10.2. The lowest BCUT2D eigenvalue weighted by Gasteiger charge is -2.45. The van der Waals surface area contributed by atoms with Crippen molar-refractivity contribution < 1.29 is 60.5 Å². The summed E-state index contributed by atoms with van der Waals surface area (Å²) in [5, 5.41) is 17.2. The maximum Gasteiger partial charge on any atom is 0.490 e. The molecule has 12 nitrogen and oxygen atoms in total. The van der Waals surface area contributed by atoms with Crippen molar-refractivity contribution in [3.05, 3.63) is 47.8 Å². The number of alkyl halides is 6. The van der Waals surface area contributed by atoms with E-state index in [1.165, 1.54) is 0 Å². The van der Waals surface area contributed by atoms with Gasteiger partial charge in [0.15, 0.2) is 6.10 Å². The molecule has 3 N–H and O–H groups in total. The quantitative estimate of drug-likeness (QED) is 0.427. The number of hydrogen-bond acceptors (Lipinski definition) is 7. The molecule has 44 heavy (non-hydrogen) atoms. The third-order valence-corrected chi connectivity index (χ3v) is 6.28. The number of imidazole rings is 1. The smallest absolute Gasteiger partial charge is 0.475 e. The summed E-state index contributed by atoms with van der Waals surface area (Å²) < 4.78 is 71.9. The first-order valence-electron chi connectivity index (χ1n) is 13.1. The average molecular weight is 640 g/mol. The zero-order valence-corrected chi connectivity index (χ0v) is 23.8. The lowest BCUT2D eigenvalue weighted by atomic mass is 9.88. The second-order valence-corrected chi connectivity index (χ2v) is 10.2. The maximum absolute atomic E-state index is 12.9. The fraction of sp³-hybridized carbons (Fsp3) is 0.538. The van der Waals surface area contributed by atoms with E-state index < -0.39 is 36.0 Å². The highest BCUT2D eigenvalue weighted by Gasteiger charge is 2.48. The molecule has 4 heterocycles. The van der Waals surface area contributed by atoms with E-state index in [9.17, 15) is 35.9 Å². The Balaban J connectivity index is 0.000000402. The normalized spacial score (nSPS) is 17.4. The number of carbonyl (C=O) groups is 4. The molecule has 2 aromatic rings. The molecule has 1 unspecified atom stereocenters. The van der Waals surface area contributed by atoms with E-state index in [0.29, 0.717) is 50.6 Å². The van der Waals surface area contributed by atoms with Crippen LogP contribution in [0, 0.1) is 12.8 Å². The predicted octanol–water partition coefficient (Wildman–Crippen LogP) is 3.16. The molecular formula is C26H31F6N5O7.